The van der Waals surface area contributed by atoms with Gasteiger partial charge in [-0.25, -0.2) is 8.78 Å². The second kappa shape index (κ2) is 7.73. The van der Waals surface area contributed by atoms with Gasteiger partial charge in [0.25, 0.3) is 5.91 Å². The monoisotopic (exact) mass is 387 g/mol. The Morgan fingerprint density at radius 3 is 2.15 bits per heavy atom. The molecule has 2 aromatic carbocycles. The maximum absolute atomic E-state index is 14.0. The zero-order valence-electron chi connectivity index (χ0n) is 14.2. The molecule has 0 unspecified atom stereocenters. The number of carbonyl (C=O) groups is 2. The van der Waals surface area contributed by atoms with Gasteiger partial charge in [-0.05, 0) is 30.3 Å². The van der Waals surface area contributed by atoms with Crippen molar-refractivity contribution in [3.63, 3.8) is 0 Å². The summed E-state index contributed by atoms with van der Waals surface area (Å²) in [6.45, 7) is 2.96. The number of esters is 1. The van der Waals surface area contributed by atoms with Gasteiger partial charge < -0.3 is 10.1 Å². The summed E-state index contributed by atoms with van der Waals surface area (Å²) >= 11 is 0. The third-order valence-corrected chi connectivity index (χ3v) is 3.40. The Morgan fingerprint density at radius 2 is 1.63 bits per heavy atom. The predicted molar refractivity (Wildman–Crippen MR) is 86.2 cm³/mol. The summed E-state index contributed by atoms with van der Waals surface area (Å²) in [7, 11) is 0. The summed E-state index contributed by atoms with van der Waals surface area (Å²) in [4.78, 5) is 24.0. The fourth-order valence-corrected chi connectivity index (χ4v) is 1.99. The molecule has 0 saturated heterocycles. The summed E-state index contributed by atoms with van der Waals surface area (Å²) in [6, 6.07) is 4.54. The summed E-state index contributed by atoms with van der Waals surface area (Å²) in [5, 5.41) is 2.20. The number of ether oxygens (including phenoxy) is 1. The summed E-state index contributed by atoms with van der Waals surface area (Å²) in [5.41, 5.74) is -1.58. The van der Waals surface area contributed by atoms with Crippen molar-refractivity contribution in [2.24, 2.45) is 5.92 Å². The second-order valence-corrected chi connectivity index (χ2v) is 5.87. The molecule has 0 atom stereocenters. The Balaban J connectivity index is 2.31. The lowest BCUT2D eigenvalue weighted by Crippen LogP contribution is -2.20. The van der Waals surface area contributed by atoms with Crippen LogP contribution in [0.15, 0.2) is 36.4 Å². The third kappa shape index (κ3) is 5.02. The number of nitrogens with one attached hydrogen (secondary N) is 1. The molecule has 0 bridgehead atoms. The summed E-state index contributed by atoms with van der Waals surface area (Å²) in [6.07, 6.45) is -4.55. The largest absolute Gasteiger partial charge is 0.422 e. The molecule has 27 heavy (non-hydrogen) atoms. The Hall–Kier alpha value is -2.97. The van der Waals surface area contributed by atoms with Gasteiger partial charge in [-0.1, -0.05) is 13.8 Å². The van der Waals surface area contributed by atoms with E-state index in [1.807, 2.05) is 0 Å². The molecule has 2 rings (SSSR count). The highest BCUT2D eigenvalue weighted by Crippen LogP contribution is 2.30. The van der Waals surface area contributed by atoms with Gasteiger partial charge in [0.05, 0.1) is 17.0 Å². The number of amides is 1. The van der Waals surface area contributed by atoms with E-state index < -0.39 is 52.5 Å². The van der Waals surface area contributed by atoms with E-state index in [9.17, 15) is 31.5 Å². The van der Waals surface area contributed by atoms with Crippen LogP contribution in [0.2, 0.25) is 0 Å². The fourth-order valence-electron chi connectivity index (χ4n) is 1.99. The summed E-state index contributed by atoms with van der Waals surface area (Å²) < 4.78 is 70.0. The first-order valence-corrected chi connectivity index (χ1v) is 7.68. The normalized spacial score (nSPS) is 11.4. The average molecular weight is 387 g/mol. The maximum Gasteiger partial charge on any atom is 0.416 e. The molecule has 2 aromatic rings. The number of carbonyl (C=O) groups excluding carboxylic acids is 2. The van der Waals surface area contributed by atoms with Crippen molar-refractivity contribution in [1.29, 1.82) is 0 Å². The number of rotatable bonds is 4. The van der Waals surface area contributed by atoms with Crippen molar-refractivity contribution in [3.05, 3.63) is 59.2 Å². The number of halogens is 5. The molecule has 0 aromatic heterocycles. The number of alkyl halides is 3. The zero-order chi connectivity index (χ0) is 20.4. The third-order valence-electron chi connectivity index (χ3n) is 3.40. The van der Waals surface area contributed by atoms with Crippen molar-refractivity contribution in [1.82, 2.24) is 0 Å². The Labute approximate surface area is 150 Å². The van der Waals surface area contributed by atoms with Crippen LogP contribution < -0.4 is 10.1 Å². The number of hydrogen-bond donors (Lipinski definition) is 1. The molecule has 1 N–H and O–H groups in total. The van der Waals surface area contributed by atoms with E-state index in [0.29, 0.717) is 12.1 Å². The van der Waals surface area contributed by atoms with E-state index in [4.69, 9.17) is 4.74 Å². The number of anilines is 1. The first kappa shape index (κ1) is 20.3. The van der Waals surface area contributed by atoms with E-state index in [1.54, 1.807) is 0 Å². The van der Waals surface area contributed by atoms with E-state index in [1.165, 1.54) is 13.8 Å². The minimum absolute atomic E-state index is 0.0428. The van der Waals surface area contributed by atoms with Crippen LogP contribution in [0, 0.1) is 17.6 Å². The lowest BCUT2D eigenvalue weighted by molar-refractivity contribution is -0.138. The smallest absolute Gasteiger partial charge is 0.416 e. The van der Waals surface area contributed by atoms with Crippen molar-refractivity contribution < 1.29 is 36.3 Å². The Morgan fingerprint density at radius 1 is 1.04 bits per heavy atom. The average Bonchev–Trinajstić information content (AvgIpc) is 2.56. The van der Waals surface area contributed by atoms with Crippen LogP contribution >= 0.6 is 0 Å². The number of hydrogen-bond acceptors (Lipinski definition) is 3. The standard InChI is InChI=1S/C18H14F5NO3/c1-9(2)17(26)27-15-13(7-11(19)8-14(15)20)16(25)24-12-5-3-10(4-6-12)18(21,22)23/h3-9H,1-2H3,(H,24,25). The first-order valence-electron chi connectivity index (χ1n) is 7.68. The van der Waals surface area contributed by atoms with Crippen molar-refractivity contribution in [2.45, 2.75) is 20.0 Å². The molecule has 144 valence electrons. The molecule has 0 fully saturated rings. The van der Waals surface area contributed by atoms with Gasteiger partial charge in [0.15, 0.2) is 11.6 Å². The van der Waals surface area contributed by atoms with Gasteiger partial charge in [0.1, 0.15) is 5.82 Å². The topological polar surface area (TPSA) is 55.4 Å². The quantitative estimate of drug-likeness (QED) is 0.466. The van der Waals surface area contributed by atoms with Crippen LogP contribution in [0.5, 0.6) is 5.75 Å². The molecule has 0 radical (unpaired) electrons. The molecule has 0 saturated carbocycles. The van der Waals surface area contributed by atoms with E-state index >= 15 is 0 Å². The number of benzene rings is 2. The van der Waals surface area contributed by atoms with Crippen LogP contribution in [0.25, 0.3) is 0 Å². The molecule has 0 aliphatic carbocycles. The SMILES string of the molecule is CC(C)C(=O)Oc1c(F)cc(F)cc1C(=O)Nc1ccc(C(F)(F)F)cc1. The first-order chi connectivity index (χ1) is 12.5. The van der Waals surface area contributed by atoms with E-state index in [-0.39, 0.29) is 5.69 Å². The molecule has 0 aliphatic heterocycles. The van der Waals surface area contributed by atoms with E-state index in [0.717, 1.165) is 24.3 Å². The molecule has 1 amide bonds. The Kier molecular flexibility index (Phi) is 5.82. The molecular weight excluding hydrogens is 373 g/mol. The van der Waals surface area contributed by atoms with Crippen LogP contribution in [-0.2, 0) is 11.0 Å². The van der Waals surface area contributed by atoms with Gasteiger partial charge in [0, 0.05) is 11.8 Å². The minimum Gasteiger partial charge on any atom is -0.422 e. The van der Waals surface area contributed by atoms with Crippen LogP contribution in [0.1, 0.15) is 29.8 Å². The lowest BCUT2D eigenvalue weighted by Gasteiger charge is -2.13. The van der Waals surface area contributed by atoms with Gasteiger partial charge in [0.2, 0.25) is 0 Å². The van der Waals surface area contributed by atoms with Crippen molar-refractivity contribution in [3.8, 4) is 5.75 Å². The van der Waals surface area contributed by atoms with Crippen molar-refractivity contribution in [2.75, 3.05) is 5.32 Å². The van der Waals surface area contributed by atoms with Gasteiger partial charge in [-0.15, -0.1) is 0 Å². The van der Waals surface area contributed by atoms with Crippen molar-refractivity contribution >= 4 is 17.6 Å². The molecular formula is C18H14F5NO3. The molecule has 0 spiro atoms. The lowest BCUT2D eigenvalue weighted by atomic mass is 10.1. The van der Waals surface area contributed by atoms with E-state index in [2.05, 4.69) is 5.32 Å². The predicted octanol–water partition coefficient (Wildman–Crippen LogP) is 4.80. The van der Waals surface area contributed by atoms with Gasteiger partial charge >= 0.3 is 12.1 Å². The fraction of sp³-hybridized carbons (Fsp3) is 0.222. The molecule has 0 aliphatic rings. The highest BCUT2D eigenvalue weighted by molar-refractivity contribution is 6.06. The minimum atomic E-state index is -4.55. The van der Waals surface area contributed by atoms with Crippen LogP contribution in [0.4, 0.5) is 27.6 Å². The Bertz CT molecular complexity index is 861. The molecule has 9 heteroatoms. The molecule has 0 heterocycles. The molecule has 4 nitrogen and oxygen atoms in total. The van der Waals surface area contributed by atoms with Gasteiger partial charge in [-0.3, -0.25) is 9.59 Å². The zero-order valence-corrected chi connectivity index (χ0v) is 14.2. The van der Waals surface area contributed by atoms with Crippen LogP contribution in [-0.4, -0.2) is 11.9 Å². The highest BCUT2D eigenvalue weighted by Gasteiger charge is 2.30. The highest BCUT2D eigenvalue weighted by atomic mass is 19.4. The van der Waals surface area contributed by atoms with Gasteiger partial charge in [-0.2, -0.15) is 13.2 Å². The van der Waals surface area contributed by atoms with Crippen LogP contribution in [0.3, 0.4) is 0 Å². The summed E-state index contributed by atoms with van der Waals surface area (Å²) in [5.74, 6) is -5.65. The second-order valence-electron chi connectivity index (χ2n) is 5.87. The maximum atomic E-state index is 14.0.